The van der Waals surface area contributed by atoms with Crippen LogP contribution in [0.2, 0.25) is 0 Å². The number of rotatable bonds is 3. The van der Waals surface area contributed by atoms with Gasteiger partial charge in [0, 0.05) is 0 Å². The molecule has 0 saturated carbocycles. The molecule has 10 heteroatoms. The van der Waals surface area contributed by atoms with Gasteiger partial charge in [0.05, 0.1) is 4.92 Å². The summed E-state index contributed by atoms with van der Waals surface area (Å²) in [6.45, 7) is 0. The van der Waals surface area contributed by atoms with Crippen LogP contribution < -0.4 is 0 Å². The van der Waals surface area contributed by atoms with Crippen molar-refractivity contribution in [2.45, 2.75) is 0 Å². The van der Waals surface area contributed by atoms with Crippen LogP contribution >= 0.6 is 11.3 Å². The number of hydrogen-bond acceptors (Lipinski definition) is 7. The van der Waals surface area contributed by atoms with Gasteiger partial charge in [-0.2, -0.15) is 5.10 Å². The zero-order valence-electron chi connectivity index (χ0n) is 7.47. The molecule has 0 aromatic carbocycles. The molecule has 0 radical (unpaired) electrons. The molecular weight excluding hydrogens is 238 g/mol. The van der Waals surface area contributed by atoms with Crippen LogP contribution in [0.3, 0.4) is 0 Å². The fourth-order valence-corrected chi connectivity index (χ4v) is 1.50. The van der Waals surface area contributed by atoms with Crippen LogP contribution in [0.25, 0.3) is 5.13 Å². The average molecular weight is 241 g/mol. The van der Waals surface area contributed by atoms with Crippen molar-refractivity contribution in [3.63, 3.8) is 0 Å². The standard InChI is InChI=1S/C6H3N5O4S/c12-5(13)4-3(11(14)15)1-10(9-4)6-8-7-2-16-6/h1-2H,(H,12,13). The molecule has 0 saturated heterocycles. The van der Waals surface area contributed by atoms with E-state index in [2.05, 4.69) is 15.3 Å². The monoisotopic (exact) mass is 241 g/mol. The minimum atomic E-state index is -1.46. The van der Waals surface area contributed by atoms with Crippen LogP contribution in [-0.4, -0.2) is 36.0 Å². The minimum absolute atomic E-state index is 0.260. The van der Waals surface area contributed by atoms with E-state index in [-0.39, 0.29) is 5.13 Å². The molecule has 9 nitrogen and oxygen atoms in total. The van der Waals surface area contributed by atoms with E-state index in [9.17, 15) is 14.9 Å². The molecule has 0 bridgehead atoms. The summed E-state index contributed by atoms with van der Waals surface area (Å²) in [7, 11) is 0. The zero-order chi connectivity index (χ0) is 11.7. The molecule has 0 aliphatic rings. The number of carboxylic acids is 1. The van der Waals surface area contributed by atoms with Gasteiger partial charge in [-0.1, -0.05) is 11.3 Å². The molecule has 0 spiro atoms. The molecular formula is C6H3N5O4S. The summed E-state index contributed by atoms with van der Waals surface area (Å²) in [6, 6.07) is 0. The summed E-state index contributed by atoms with van der Waals surface area (Å²) in [5, 5.41) is 30.2. The highest BCUT2D eigenvalue weighted by Crippen LogP contribution is 2.19. The Hall–Kier alpha value is -2.36. The Morgan fingerprint density at radius 3 is 2.81 bits per heavy atom. The molecule has 2 aromatic rings. The second-order valence-corrected chi connectivity index (χ2v) is 3.40. The molecule has 2 aromatic heterocycles. The zero-order valence-corrected chi connectivity index (χ0v) is 8.29. The van der Waals surface area contributed by atoms with Crippen molar-refractivity contribution in [3.05, 3.63) is 27.5 Å². The van der Waals surface area contributed by atoms with E-state index in [0.717, 1.165) is 22.2 Å². The Balaban J connectivity index is 2.55. The van der Waals surface area contributed by atoms with Gasteiger partial charge in [-0.3, -0.25) is 10.1 Å². The van der Waals surface area contributed by atoms with Crippen molar-refractivity contribution in [1.29, 1.82) is 0 Å². The number of nitrogens with zero attached hydrogens (tertiary/aromatic N) is 5. The van der Waals surface area contributed by atoms with Crippen molar-refractivity contribution in [2.75, 3.05) is 0 Å². The Kier molecular flexibility index (Phi) is 2.32. The summed E-state index contributed by atoms with van der Waals surface area (Å²) in [5.74, 6) is -1.46. The predicted molar refractivity (Wildman–Crippen MR) is 50.6 cm³/mol. The Labute approximate surface area is 91.1 Å². The van der Waals surface area contributed by atoms with E-state index < -0.39 is 22.3 Å². The van der Waals surface area contributed by atoms with Crippen molar-refractivity contribution >= 4 is 23.0 Å². The van der Waals surface area contributed by atoms with Gasteiger partial charge in [-0.25, -0.2) is 9.48 Å². The van der Waals surface area contributed by atoms with Gasteiger partial charge in [-0.15, -0.1) is 10.2 Å². The lowest BCUT2D eigenvalue weighted by atomic mass is 10.4. The van der Waals surface area contributed by atoms with E-state index in [1.165, 1.54) is 5.51 Å². The second-order valence-electron chi connectivity index (χ2n) is 2.59. The Morgan fingerprint density at radius 1 is 1.62 bits per heavy atom. The highest BCUT2D eigenvalue weighted by atomic mass is 32.1. The van der Waals surface area contributed by atoms with E-state index in [1.54, 1.807) is 0 Å². The Bertz CT molecular complexity index is 516. The normalized spacial score (nSPS) is 10.2. The van der Waals surface area contributed by atoms with Crippen LogP contribution in [0.4, 0.5) is 5.69 Å². The van der Waals surface area contributed by atoms with Crippen LogP contribution in [0.15, 0.2) is 11.7 Å². The molecule has 1 N–H and O–H groups in total. The van der Waals surface area contributed by atoms with E-state index in [1.807, 2.05) is 0 Å². The molecule has 0 unspecified atom stereocenters. The predicted octanol–water partition coefficient (Wildman–Crippen LogP) is 0.330. The van der Waals surface area contributed by atoms with Gasteiger partial charge in [0.1, 0.15) is 11.7 Å². The van der Waals surface area contributed by atoms with Gasteiger partial charge in [0.15, 0.2) is 0 Å². The van der Waals surface area contributed by atoms with Gasteiger partial charge in [0.25, 0.3) is 0 Å². The van der Waals surface area contributed by atoms with E-state index >= 15 is 0 Å². The van der Waals surface area contributed by atoms with Gasteiger partial charge in [-0.05, 0) is 0 Å². The highest BCUT2D eigenvalue weighted by molar-refractivity contribution is 7.11. The highest BCUT2D eigenvalue weighted by Gasteiger charge is 2.26. The number of aromatic carboxylic acids is 1. The van der Waals surface area contributed by atoms with E-state index in [0.29, 0.717) is 0 Å². The summed E-state index contributed by atoms with van der Waals surface area (Å²) in [5.41, 5.74) is 0.200. The molecule has 16 heavy (non-hydrogen) atoms. The third-order valence-corrected chi connectivity index (χ3v) is 2.32. The Morgan fingerprint density at radius 2 is 2.38 bits per heavy atom. The number of carbonyl (C=O) groups is 1. The fourth-order valence-electron chi connectivity index (χ4n) is 1.02. The maximum absolute atomic E-state index is 10.7. The maximum atomic E-state index is 10.7. The third kappa shape index (κ3) is 1.61. The molecule has 0 amide bonds. The first-order chi connectivity index (χ1) is 7.59. The quantitative estimate of drug-likeness (QED) is 0.606. The molecule has 2 rings (SSSR count). The average Bonchev–Trinajstić information content (AvgIpc) is 2.86. The minimum Gasteiger partial charge on any atom is -0.476 e. The van der Waals surface area contributed by atoms with Crippen LogP contribution in [-0.2, 0) is 0 Å². The molecule has 0 aliphatic heterocycles. The lowest BCUT2D eigenvalue weighted by Gasteiger charge is -1.88. The van der Waals surface area contributed by atoms with Crippen LogP contribution in [0.1, 0.15) is 10.5 Å². The lowest BCUT2D eigenvalue weighted by Crippen LogP contribution is -2.02. The van der Waals surface area contributed by atoms with Crippen LogP contribution in [0.5, 0.6) is 0 Å². The number of hydrogen-bond donors (Lipinski definition) is 1. The molecule has 0 fully saturated rings. The summed E-state index contributed by atoms with van der Waals surface area (Å²) < 4.78 is 1.01. The fraction of sp³-hybridized carbons (Fsp3) is 0. The van der Waals surface area contributed by atoms with Gasteiger partial charge < -0.3 is 5.11 Å². The number of nitro groups is 1. The lowest BCUT2D eigenvalue weighted by molar-refractivity contribution is -0.385. The maximum Gasteiger partial charge on any atom is 0.363 e. The van der Waals surface area contributed by atoms with Crippen LogP contribution in [0, 0.1) is 10.1 Å². The van der Waals surface area contributed by atoms with Crippen molar-refractivity contribution < 1.29 is 14.8 Å². The first-order valence-corrected chi connectivity index (χ1v) is 4.71. The van der Waals surface area contributed by atoms with Gasteiger partial charge in [0.2, 0.25) is 10.8 Å². The summed E-state index contributed by atoms with van der Waals surface area (Å²) in [6.07, 6.45) is 0.990. The topological polar surface area (TPSA) is 124 Å². The molecule has 2 heterocycles. The summed E-state index contributed by atoms with van der Waals surface area (Å²) in [4.78, 5) is 20.5. The smallest absolute Gasteiger partial charge is 0.363 e. The number of carboxylic acid groups (broad SMARTS) is 1. The third-order valence-electron chi connectivity index (χ3n) is 1.64. The molecule has 82 valence electrons. The van der Waals surface area contributed by atoms with E-state index in [4.69, 9.17) is 5.11 Å². The van der Waals surface area contributed by atoms with Crippen molar-refractivity contribution in [3.8, 4) is 5.13 Å². The SMILES string of the molecule is O=C(O)c1nn(-c2nncs2)cc1[N+](=O)[O-]. The first-order valence-electron chi connectivity index (χ1n) is 3.83. The molecule has 0 atom stereocenters. The first kappa shape index (κ1) is 10.2. The van der Waals surface area contributed by atoms with Crippen molar-refractivity contribution in [2.24, 2.45) is 0 Å². The molecule has 0 aliphatic carbocycles. The van der Waals surface area contributed by atoms with Crippen molar-refractivity contribution in [1.82, 2.24) is 20.0 Å². The number of aromatic nitrogens is 4. The summed E-state index contributed by atoms with van der Waals surface area (Å²) >= 11 is 1.08. The van der Waals surface area contributed by atoms with Gasteiger partial charge >= 0.3 is 11.7 Å². The largest absolute Gasteiger partial charge is 0.476 e. The second kappa shape index (κ2) is 3.66.